The second-order valence-electron chi connectivity index (χ2n) is 8.44. The molecule has 0 fully saturated rings. The van der Waals surface area contributed by atoms with Gasteiger partial charge in [-0.2, -0.15) is 0 Å². The molecule has 1 N–H and O–H groups in total. The zero-order valence-corrected chi connectivity index (χ0v) is 19.7. The summed E-state index contributed by atoms with van der Waals surface area (Å²) >= 11 is 6.00. The summed E-state index contributed by atoms with van der Waals surface area (Å²) < 4.78 is 11.2. The lowest BCUT2D eigenvalue weighted by molar-refractivity contribution is -0.140. The fraction of sp³-hybridized carbons (Fsp3) is 0.440. The summed E-state index contributed by atoms with van der Waals surface area (Å²) in [5.74, 6) is 1.54. The van der Waals surface area contributed by atoms with Crippen molar-refractivity contribution < 1.29 is 19.1 Å². The summed E-state index contributed by atoms with van der Waals surface area (Å²) in [5.41, 5.74) is 1.91. The number of hydrogen-bond acceptors (Lipinski definition) is 4. The van der Waals surface area contributed by atoms with Crippen molar-refractivity contribution in [1.82, 2.24) is 10.2 Å². The molecule has 0 bridgehead atoms. The molecule has 1 aliphatic heterocycles. The highest BCUT2D eigenvalue weighted by molar-refractivity contribution is 6.30. The molecular formula is C25H31ClN2O4. The Bertz CT molecular complexity index is 930. The Morgan fingerprint density at radius 3 is 2.34 bits per heavy atom. The maximum absolute atomic E-state index is 13.2. The van der Waals surface area contributed by atoms with Crippen molar-refractivity contribution >= 4 is 23.4 Å². The number of ether oxygens (including phenoxy) is 2. The van der Waals surface area contributed by atoms with E-state index in [1.165, 1.54) is 0 Å². The van der Waals surface area contributed by atoms with E-state index in [4.69, 9.17) is 21.1 Å². The first-order chi connectivity index (χ1) is 15.3. The predicted octanol–water partition coefficient (Wildman–Crippen LogP) is 4.23. The standard InChI is InChI=1S/C25H31ClN2O4/c1-17(2)15-27-25(30)18(3)28(16-20-4-8-21(26)9-5-20)24(29)11-7-19-6-10-22-23(14-19)32-13-12-31-22/h4-6,8-10,14,17-18H,7,11-13,15-16H2,1-3H3,(H,27,30)/t18-/m0/s1. The molecule has 1 atom stereocenters. The fourth-order valence-corrected chi connectivity index (χ4v) is 3.59. The molecule has 0 saturated heterocycles. The Hall–Kier alpha value is -2.73. The first-order valence-electron chi connectivity index (χ1n) is 11.0. The molecular weight excluding hydrogens is 428 g/mol. The topological polar surface area (TPSA) is 67.9 Å². The third kappa shape index (κ3) is 6.63. The number of rotatable bonds is 9. The monoisotopic (exact) mass is 458 g/mol. The Morgan fingerprint density at radius 1 is 1.00 bits per heavy atom. The average Bonchev–Trinajstić information content (AvgIpc) is 2.80. The van der Waals surface area contributed by atoms with Crippen LogP contribution in [0.2, 0.25) is 5.02 Å². The van der Waals surface area contributed by atoms with Gasteiger partial charge >= 0.3 is 0 Å². The highest BCUT2D eigenvalue weighted by Crippen LogP contribution is 2.31. The number of carbonyl (C=O) groups excluding carboxylic acids is 2. The first kappa shape index (κ1) is 23.9. The van der Waals surface area contributed by atoms with Crippen molar-refractivity contribution in [3.05, 3.63) is 58.6 Å². The molecule has 0 radical (unpaired) electrons. The number of hydrogen-bond donors (Lipinski definition) is 1. The molecule has 6 nitrogen and oxygen atoms in total. The Labute approximate surface area is 194 Å². The lowest BCUT2D eigenvalue weighted by atomic mass is 10.1. The van der Waals surface area contributed by atoms with Crippen LogP contribution >= 0.6 is 11.6 Å². The van der Waals surface area contributed by atoms with E-state index in [9.17, 15) is 9.59 Å². The van der Waals surface area contributed by atoms with Crippen LogP contribution < -0.4 is 14.8 Å². The van der Waals surface area contributed by atoms with Gasteiger partial charge in [-0.1, -0.05) is 43.6 Å². The zero-order valence-electron chi connectivity index (χ0n) is 18.9. The molecule has 2 aromatic rings. The molecule has 172 valence electrons. The first-order valence-corrected chi connectivity index (χ1v) is 11.4. The minimum Gasteiger partial charge on any atom is -0.486 e. The molecule has 2 amide bonds. The van der Waals surface area contributed by atoms with Crippen molar-refractivity contribution in [3.8, 4) is 11.5 Å². The summed E-state index contributed by atoms with van der Waals surface area (Å²) in [6, 6.07) is 12.5. The van der Waals surface area contributed by atoms with Crippen LogP contribution in [0.5, 0.6) is 11.5 Å². The number of nitrogens with zero attached hydrogens (tertiary/aromatic N) is 1. The van der Waals surface area contributed by atoms with Gasteiger partial charge in [0.1, 0.15) is 19.3 Å². The molecule has 0 saturated carbocycles. The highest BCUT2D eigenvalue weighted by Gasteiger charge is 2.26. The molecule has 0 spiro atoms. The molecule has 0 unspecified atom stereocenters. The van der Waals surface area contributed by atoms with Crippen LogP contribution in [0.25, 0.3) is 0 Å². The number of aryl methyl sites for hydroxylation is 1. The predicted molar refractivity (Wildman–Crippen MR) is 125 cm³/mol. The molecule has 1 heterocycles. The average molecular weight is 459 g/mol. The van der Waals surface area contributed by atoms with Crippen LogP contribution in [0.15, 0.2) is 42.5 Å². The van der Waals surface area contributed by atoms with Crippen molar-refractivity contribution in [2.45, 2.75) is 46.2 Å². The minimum atomic E-state index is -0.586. The zero-order chi connectivity index (χ0) is 23.1. The van der Waals surface area contributed by atoms with Gasteiger partial charge < -0.3 is 19.7 Å². The molecule has 32 heavy (non-hydrogen) atoms. The second kappa shape index (κ2) is 11.2. The van der Waals surface area contributed by atoms with Crippen molar-refractivity contribution in [2.75, 3.05) is 19.8 Å². The van der Waals surface area contributed by atoms with E-state index in [2.05, 4.69) is 5.32 Å². The number of amides is 2. The number of carbonyl (C=O) groups is 2. The lowest BCUT2D eigenvalue weighted by Crippen LogP contribution is -2.48. The summed E-state index contributed by atoms with van der Waals surface area (Å²) in [6.07, 6.45) is 0.835. The highest BCUT2D eigenvalue weighted by atomic mass is 35.5. The van der Waals surface area contributed by atoms with Gasteiger partial charge in [0.25, 0.3) is 0 Å². The Kier molecular flexibility index (Phi) is 8.39. The molecule has 7 heteroatoms. The van der Waals surface area contributed by atoms with Crippen LogP contribution in [-0.2, 0) is 22.6 Å². The van der Waals surface area contributed by atoms with E-state index >= 15 is 0 Å². The molecule has 0 aromatic heterocycles. The largest absolute Gasteiger partial charge is 0.486 e. The summed E-state index contributed by atoms with van der Waals surface area (Å²) in [5, 5.41) is 3.57. The van der Waals surface area contributed by atoms with Crippen molar-refractivity contribution in [2.24, 2.45) is 5.92 Å². The number of benzene rings is 2. The van der Waals surface area contributed by atoms with Gasteiger partial charge in [0.15, 0.2) is 11.5 Å². The van der Waals surface area contributed by atoms with Crippen LogP contribution in [0.3, 0.4) is 0 Å². The lowest BCUT2D eigenvalue weighted by Gasteiger charge is -2.29. The third-order valence-corrected chi connectivity index (χ3v) is 5.60. The van der Waals surface area contributed by atoms with Gasteiger partial charge in [0, 0.05) is 24.5 Å². The van der Waals surface area contributed by atoms with Gasteiger partial charge in [-0.05, 0) is 54.7 Å². The quantitative estimate of drug-likeness (QED) is 0.610. The van der Waals surface area contributed by atoms with Crippen molar-refractivity contribution in [1.29, 1.82) is 0 Å². The maximum Gasteiger partial charge on any atom is 0.242 e. The van der Waals surface area contributed by atoms with E-state index < -0.39 is 6.04 Å². The summed E-state index contributed by atoms with van der Waals surface area (Å²) in [6.45, 7) is 7.82. The molecule has 2 aromatic carbocycles. The van der Waals surface area contributed by atoms with Gasteiger partial charge in [0.05, 0.1) is 0 Å². The van der Waals surface area contributed by atoms with Crippen molar-refractivity contribution in [3.63, 3.8) is 0 Å². The van der Waals surface area contributed by atoms with Crippen LogP contribution in [0, 0.1) is 5.92 Å². The van der Waals surface area contributed by atoms with E-state index in [1.807, 2.05) is 44.2 Å². The Balaban J connectivity index is 1.70. The number of nitrogens with one attached hydrogen (secondary N) is 1. The van der Waals surface area contributed by atoms with Crippen LogP contribution in [0.4, 0.5) is 0 Å². The van der Waals surface area contributed by atoms with E-state index in [1.54, 1.807) is 24.0 Å². The SMILES string of the molecule is CC(C)CNC(=O)[C@H](C)N(Cc1ccc(Cl)cc1)C(=O)CCc1ccc2c(c1)OCCO2. The van der Waals surface area contributed by atoms with Crippen LogP contribution in [-0.4, -0.2) is 42.5 Å². The van der Waals surface area contributed by atoms with E-state index in [-0.39, 0.29) is 18.2 Å². The molecule has 3 rings (SSSR count). The van der Waals surface area contributed by atoms with Gasteiger partial charge in [-0.15, -0.1) is 0 Å². The van der Waals surface area contributed by atoms with E-state index in [0.717, 1.165) is 16.9 Å². The summed E-state index contributed by atoms with van der Waals surface area (Å²) in [7, 11) is 0. The van der Waals surface area contributed by atoms with Crippen LogP contribution in [0.1, 0.15) is 38.3 Å². The minimum absolute atomic E-state index is 0.0814. The normalized spacial score (nSPS) is 13.5. The summed E-state index contributed by atoms with van der Waals surface area (Å²) in [4.78, 5) is 27.6. The van der Waals surface area contributed by atoms with Gasteiger partial charge in [-0.3, -0.25) is 9.59 Å². The second-order valence-corrected chi connectivity index (χ2v) is 8.88. The maximum atomic E-state index is 13.2. The van der Waals surface area contributed by atoms with Gasteiger partial charge in [0.2, 0.25) is 11.8 Å². The molecule has 1 aliphatic rings. The molecule has 0 aliphatic carbocycles. The Morgan fingerprint density at radius 2 is 1.66 bits per heavy atom. The van der Waals surface area contributed by atoms with E-state index in [0.29, 0.717) is 49.4 Å². The smallest absolute Gasteiger partial charge is 0.242 e. The number of fused-ring (bicyclic) bond motifs is 1. The third-order valence-electron chi connectivity index (χ3n) is 5.35. The fourth-order valence-electron chi connectivity index (χ4n) is 3.46. The van der Waals surface area contributed by atoms with Gasteiger partial charge in [-0.25, -0.2) is 0 Å². The number of halogens is 1.